The minimum Gasteiger partial charge on any atom is -0.334 e. The molecule has 1 saturated heterocycles. The number of benzene rings is 1. The molecule has 0 saturated carbocycles. The van der Waals surface area contributed by atoms with Gasteiger partial charge in [0.2, 0.25) is 5.91 Å². The summed E-state index contributed by atoms with van der Waals surface area (Å²) in [4.78, 5) is 14.4. The third-order valence-electron chi connectivity index (χ3n) is 3.71. The molecule has 2 rings (SSSR count). The first kappa shape index (κ1) is 16.9. The summed E-state index contributed by atoms with van der Waals surface area (Å²) in [5.74, 6) is 0.0815. The smallest absolute Gasteiger partial charge is 0.225 e. The summed E-state index contributed by atoms with van der Waals surface area (Å²) in [6, 6.07) is 3.75. The lowest BCUT2D eigenvalue weighted by Gasteiger charge is -2.30. The zero-order chi connectivity index (χ0) is 15.6. The molecule has 116 valence electrons. The number of hydrogen-bond acceptors (Lipinski definition) is 2. The van der Waals surface area contributed by atoms with Crippen molar-refractivity contribution in [3.8, 4) is 0 Å². The highest BCUT2D eigenvalue weighted by Gasteiger charge is 2.28. The number of carbonyl (C=O) groups is 1. The Labute approximate surface area is 140 Å². The van der Waals surface area contributed by atoms with Crippen LogP contribution in [0.25, 0.3) is 0 Å². The fourth-order valence-electron chi connectivity index (χ4n) is 2.50. The van der Waals surface area contributed by atoms with Gasteiger partial charge in [-0.1, -0.05) is 54.7 Å². The topological polar surface area (TPSA) is 32.3 Å². The van der Waals surface area contributed by atoms with E-state index in [-0.39, 0.29) is 17.9 Å². The molecule has 1 N–H and O–H groups in total. The molecule has 0 aliphatic carbocycles. The first-order valence-electron chi connectivity index (χ1n) is 7.05. The molecule has 0 spiro atoms. The molecule has 1 aromatic carbocycles. The molecule has 1 aliphatic heterocycles. The van der Waals surface area contributed by atoms with Gasteiger partial charge >= 0.3 is 0 Å². The van der Waals surface area contributed by atoms with Gasteiger partial charge in [0.25, 0.3) is 0 Å². The van der Waals surface area contributed by atoms with Crippen molar-refractivity contribution in [3.05, 3.63) is 32.8 Å². The van der Waals surface area contributed by atoms with Crippen molar-refractivity contribution >= 4 is 40.7 Å². The van der Waals surface area contributed by atoms with Crippen LogP contribution < -0.4 is 5.32 Å². The molecule has 6 heteroatoms. The summed E-state index contributed by atoms with van der Waals surface area (Å²) < 4.78 is 0. The largest absolute Gasteiger partial charge is 0.334 e. The van der Waals surface area contributed by atoms with E-state index in [2.05, 4.69) is 5.32 Å². The molecular formula is C15H19Cl3N2O. The molecule has 1 heterocycles. The Morgan fingerprint density at radius 1 is 1.33 bits per heavy atom. The van der Waals surface area contributed by atoms with Crippen LogP contribution in [0.2, 0.25) is 15.1 Å². The number of halogens is 3. The average Bonchev–Trinajstić information content (AvgIpc) is 2.97. The molecule has 1 atom stereocenters. The van der Waals surface area contributed by atoms with Gasteiger partial charge in [-0.25, -0.2) is 0 Å². The van der Waals surface area contributed by atoms with Crippen molar-refractivity contribution in [2.45, 2.75) is 32.9 Å². The van der Waals surface area contributed by atoms with Gasteiger partial charge in [0.05, 0.1) is 15.1 Å². The zero-order valence-corrected chi connectivity index (χ0v) is 14.4. The summed E-state index contributed by atoms with van der Waals surface area (Å²) >= 11 is 18.3. The van der Waals surface area contributed by atoms with Crippen molar-refractivity contribution in [2.75, 3.05) is 13.1 Å². The Morgan fingerprint density at radius 3 is 2.62 bits per heavy atom. The highest BCUT2D eigenvalue weighted by Crippen LogP contribution is 2.33. The summed E-state index contributed by atoms with van der Waals surface area (Å²) in [5, 5.41) is 4.49. The van der Waals surface area contributed by atoms with Gasteiger partial charge in [-0.2, -0.15) is 0 Å². The number of hydrogen-bond donors (Lipinski definition) is 1. The lowest BCUT2D eigenvalue weighted by atomic mass is 10.1. The molecule has 0 bridgehead atoms. The van der Waals surface area contributed by atoms with Crippen LogP contribution in [0.3, 0.4) is 0 Å². The van der Waals surface area contributed by atoms with E-state index in [4.69, 9.17) is 34.8 Å². The van der Waals surface area contributed by atoms with E-state index in [1.807, 2.05) is 24.8 Å². The van der Waals surface area contributed by atoms with Crippen molar-refractivity contribution in [1.29, 1.82) is 0 Å². The van der Waals surface area contributed by atoms with Gasteiger partial charge in [0.1, 0.15) is 0 Å². The molecule has 0 aromatic heterocycles. The molecule has 3 nitrogen and oxygen atoms in total. The van der Waals surface area contributed by atoms with E-state index in [9.17, 15) is 4.79 Å². The molecule has 1 aromatic rings. The molecule has 1 fully saturated rings. The third kappa shape index (κ3) is 3.84. The molecule has 1 aliphatic rings. The second kappa shape index (κ2) is 7.19. The monoisotopic (exact) mass is 348 g/mol. The van der Waals surface area contributed by atoms with Crippen LogP contribution in [0.1, 0.15) is 25.8 Å². The maximum atomic E-state index is 12.5. The maximum Gasteiger partial charge on any atom is 0.225 e. The normalized spacial score (nSPS) is 18.3. The molecule has 21 heavy (non-hydrogen) atoms. The van der Waals surface area contributed by atoms with Crippen molar-refractivity contribution in [1.82, 2.24) is 10.2 Å². The number of rotatable bonds is 4. The maximum absolute atomic E-state index is 12.5. The number of amides is 1. The van der Waals surface area contributed by atoms with Gasteiger partial charge in [-0.05, 0) is 24.6 Å². The predicted octanol–water partition coefficient (Wildman–Crippen LogP) is 3.99. The van der Waals surface area contributed by atoms with Crippen LogP contribution in [0.5, 0.6) is 0 Å². The van der Waals surface area contributed by atoms with Gasteiger partial charge in [0, 0.05) is 25.0 Å². The van der Waals surface area contributed by atoms with E-state index < -0.39 is 0 Å². The molecule has 0 unspecified atom stereocenters. The van der Waals surface area contributed by atoms with Crippen LogP contribution in [0.15, 0.2) is 12.1 Å². The molecule has 0 radical (unpaired) electrons. The van der Waals surface area contributed by atoms with Crippen LogP contribution in [0.4, 0.5) is 0 Å². The van der Waals surface area contributed by atoms with Crippen LogP contribution >= 0.6 is 34.8 Å². The SMILES string of the molecule is CC(C)C(=O)N(Cc1ccc(Cl)c(Cl)c1Cl)[C@H]1CCNC1. The van der Waals surface area contributed by atoms with Gasteiger partial charge in [-0.3, -0.25) is 4.79 Å². The fourth-order valence-corrected chi connectivity index (χ4v) is 3.11. The van der Waals surface area contributed by atoms with E-state index in [1.165, 1.54) is 0 Å². The summed E-state index contributed by atoms with van der Waals surface area (Å²) in [7, 11) is 0. The minimum atomic E-state index is -0.0489. The van der Waals surface area contributed by atoms with Crippen LogP contribution in [-0.2, 0) is 11.3 Å². The highest BCUT2D eigenvalue weighted by atomic mass is 35.5. The van der Waals surface area contributed by atoms with Gasteiger partial charge in [-0.15, -0.1) is 0 Å². The predicted molar refractivity (Wildman–Crippen MR) is 88.1 cm³/mol. The van der Waals surface area contributed by atoms with Crippen LogP contribution in [-0.4, -0.2) is 29.9 Å². The Hall–Kier alpha value is -0.480. The molecular weight excluding hydrogens is 331 g/mol. The first-order valence-corrected chi connectivity index (χ1v) is 8.18. The van der Waals surface area contributed by atoms with E-state index in [1.54, 1.807) is 6.07 Å². The minimum absolute atomic E-state index is 0.0489. The Bertz CT molecular complexity index is 528. The standard InChI is InChI=1S/C15H19Cl3N2O/c1-9(2)15(21)20(11-5-6-19-7-11)8-10-3-4-12(16)14(18)13(10)17/h3-4,9,11,19H,5-8H2,1-2H3/t11-/m0/s1. The zero-order valence-electron chi connectivity index (χ0n) is 12.1. The second-order valence-electron chi connectivity index (χ2n) is 5.60. The number of carbonyl (C=O) groups excluding carboxylic acids is 1. The number of nitrogens with one attached hydrogen (secondary N) is 1. The Balaban J connectivity index is 2.26. The van der Waals surface area contributed by atoms with E-state index >= 15 is 0 Å². The lowest BCUT2D eigenvalue weighted by Crippen LogP contribution is -2.43. The first-order chi connectivity index (χ1) is 9.91. The van der Waals surface area contributed by atoms with Crippen molar-refractivity contribution in [3.63, 3.8) is 0 Å². The van der Waals surface area contributed by atoms with Crippen molar-refractivity contribution < 1.29 is 4.79 Å². The second-order valence-corrected chi connectivity index (χ2v) is 6.77. The van der Waals surface area contributed by atoms with Gasteiger partial charge in [0.15, 0.2) is 0 Å². The summed E-state index contributed by atoms with van der Waals surface area (Å²) in [6.45, 7) is 6.03. The fraction of sp³-hybridized carbons (Fsp3) is 0.533. The third-order valence-corrected chi connectivity index (χ3v) is 5.04. The Kier molecular flexibility index (Phi) is 5.78. The quantitative estimate of drug-likeness (QED) is 0.834. The lowest BCUT2D eigenvalue weighted by molar-refractivity contribution is -0.137. The number of nitrogens with zero attached hydrogens (tertiary/aromatic N) is 1. The molecule has 1 amide bonds. The van der Waals surface area contributed by atoms with Crippen LogP contribution in [0, 0.1) is 5.92 Å². The summed E-state index contributed by atoms with van der Waals surface area (Å²) in [5.41, 5.74) is 0.826. The Morgan fingerprint density at radius 2 is 2.05 bits per heavy atom. The summed E-state index contributed by atoms with van der Waals surface area (Å²) in [6.07, 6.45) is 0.956. The van der Waals surface area contributed by atoms with E-state index in [0.29, 0.717) is 21.6 Å². The van der Waals surface area contributed by atoms with E-state index in [0.717, 1.165) is 25.1 Å². The highest BCUT2D eigenvalue weighted by molar-refractivity contribution is 6.48. The van der Waals surface area contributed by atoms with Gasteiger partial charge < -0.3 is 10.2 Å². The average molecular weight is 350 g/mol. The van der Waals surface area contributed by atoms with Crippen molar-refractivity contribution in [2.24, 2.45) is 5.92 Å².